The molecule has 110 valence electrons. The van der Waals surface area contributed by atoms with Gasteiger partial charge in [-0.1, -0.05) is 32.4 Å². The van der Waals surface area contributed by atoms with Crippen LogP contribution < -0.4 is 16.0 Å². The van der Waals surface area contributed by atoms with E-state index in [1.807, 2.05) is 13.8 Å². The quantitative estimate of drug-likeness (QED) is 0.756. The van der Waals surface area contributed by atoms with E-state index in [1.54, 1.807) is 25.1 Å². The minimum atomic E-state index is -0.181. The number of carbonyl (C=O) groups is 2. The topological polar surface area (TPSA) is 70.2 Å². The molecule has 6 heteroatoms. The first-order valence-electron chi connectivity index (χ1n) is 6.55. The summed E-state index contributed by atoms with van der Waals surface area (Å²) in [6, 6.07) is 5.20. The summed E-state index contributed by atoms with van der Waals surface area (Å²) in [6.07, 6.45) is 0.391. The number of carbonyl (C=O) groups excluding carboxylic acids is 2. The molecule has 3 N–H and O–H groups in total. The van der Waals surface area contributed by atoms with Crippen molar-refractivity contribution < 1.29 is 9.59 Å². The van der Waals surface area contributed by atoms with Crippen LogP contribution in [-0.4, -0.2) is 24.4 Å². The number of amides is 2. The standard InChI is InChI=1S/C14H20ClN3O2/c1-4-13(19)17-10-5-6-11(15)12(7-10)18-14(20)8-16-9(2)3/h5-7,9,16H,4,8H2,1-3H3,(H,17,19)(H,18,20). The first-order chi connectivity index (χ1) is 9.42. The predicted octanol–water partition coefficient (Wildman–Crippen LogP) is 2.63. The molecule has 0 atom stereocenters. The summed E-state index contributed by atoms with van der Waals surface area (Å²) >= 11 is 6.03. The van der Waals surface area contributed by atoms with Gasteiger partial charge in [-0.05, 0) is 18.2 Å². The van der Waals surface area contributed by atoms with Gasteiger partial charge in [-0.2, -0.15) is 0 Å². The molecule has 1 aromatic carbocycles. The third-order valence-corrected chi connectivity index (χ3v) is 2.85. The van der Waals surface area contributed by atoms with Crippen molar-refractivity contribution in [1.82, 2.24) is 5.32 Å². The minimum absolute atomic E-state index is 0.0916. The Kier molecular flexibility index (Phi) is 6.48. The van der Waals surface area contributed by atoms with E-state index in [0.29, 0.717) is 22.8 Å². The number of nitrogens with one attached hydrogen (secondary N) is 3. The van der Waals surface area contributed by atoms with E-state index in [0.717, 1.165) is 0 Å². The smallest absolute Gasteiger partial charge is 0.238 e. The van der Waals surface area contributed by atoms with E-state index in [2.05, 4.69) is 16.0 Å². The number of rotatable bonds is 6. The normalized spacial score (nSPS) is 10.4. The van der Waals surface area contributed by atoms with Gasteiger partial charge in [0.05, 0.1) is 17.3 Å². The van der Waals surface area contributed by atoms with Crippen molar-refractivity contribution in [2.45, 2.75) is 33.2 Å². The molecule has 5 nitrogen and oxygen atoms in total. The van der Waals surface area contributed by atoms with E-state index < -0.39 is 0 Å². The maximum Gasteiger partial charge on any atom is 0.238 e. The molecule has 0 aliphatic heterocycles. The summed E-state index contributed by atoms with van der Waals surface area (Å²) in [7, 11) is 0. The van der Waals surface area contributed by atoms with Crippen molar-refractivity contribution in [2.75, 3.05) is 17.2 Å². The predicted molar refractivity (Wildman–Crippen MR) is 82.1 cm³/mol. The van der Waals surface area contributed by atoms with E-state index in [-0.39, 0.29) is 24.4 Å². The highest BCUT2D eigenvalue weighted by Crippen LogP contribution is 2.25. The summed E-state index contributed by atoms with van der Waals surface area (Å²) in [5, 5.41) is 8.87. The van der Waals surface area contributed by atoms with Crippen LogP contribution in [0.2, 0.25) is 5.02 Å². The third-order valence-electron chi connectivity index (χ3n) is 2.52. The molecule has 1 rings (SSSR count). The Morgan fingerprint density at radius 3 is 2.50 bits per heavy atom. The van der Waals surface area contributed by atoms with Crippen molar-refractivity contribution in [3.05, 3.63) is 23.2 Å². The van der Waals surface area contributed by atoms with Crippen molar-refractivity contribution >= 4 is 34.8 Å². The van der Waals surface area contributed by atoms with Gasteiger partial charge in [-0.3, -0.25) is 9.59 Å². The highest BCUT2D eigenvalue weighted by Gasteiger charge is 2.08. The molecule has 0 aliphatic rings. The lowest BCUT2D eigenvalue weighted by atomic mass is 10.2. The fraction of sp³-hybridized carbons (Fsp3) is 0.429. The van der Waals surface area contributed by atoms with E-state index in [4.69, 9.17) is 11.6 Å². The molecule has 0 saturated carbocycles. The Bertz CT molecular complexity index is 489. The largest absolute Gasteiger partial charge is 0.326 e. The van der Waals surface area contributed by atoms with Crippen LogP contribution in [0.4, 0.5) is 11.4 Å². The lowest BCUT2D eigenvalue weighted by Gasteiger charge is -2.12. The summed E-state index contributed by atoms with van der Waals surface area (Å²) < 4.78 is 0. The van der Waals surface area contributed by atoms with Gasteiger partial charge in [-0.25, -0.2) is 0 Å². The number of hydrogen-bond donors (Lipinski definition) is 3. The Balaban J connectivity index is 2.71. The monoisotopic (exact) mass is 297 g/mol. The molecule has 0 unspecified atom stereocenters. The zero-order chi connectivity index (χ0) is 15.1. The van der Waals surface area contributed by atoms with Gasteiger partial charge < -0.3 is 16.0 Å². The number of anilines is 2. The molecule has 0 radical (unpaired) electrons. The fourth-order valence-corrected chi connectivity index (χ4v) is 1.60. The molecule has 0 fully saturated rings. The van der Waals surface area contributed by atoms with Gasteiger partial charge in [0.25, 0.3) is 0 Å². The molecule has 0 heterocycles. The number of halogens is 1. The summed E-state index contributed by atoms with van der Waals surface area (Å²) in [5.41, 5.74) is 1.09. The average Bonchev–Trinajstić information content (AvgIpc) is 2.40. The minimum Gasteiger partial charge on any atom is -0.326 e. The van der Waals surface area contributed by atoms with E-state index in [9.17, 15) is 9.59 Å². The van der Waals surface area contributed by atoms with Crippen LogP contribution >= 0.6 is 11.6 Å². The second-order valence-electron chi connectivity index (χ2n) is 4.68. The molecule has 0 bridgehead atoms. The zero-order valence-corrected chi connectivity index (χ0v) is 12.7. The molecular weight excluding hydrogens is 278 g/mol. The Labute approximate surface area is 124 Å². The average molecular weight is 298 g/mol. The van der Waals surface area contributed by atoms with Crippen LogP contribution in [0.1, 0.15) is 27.2 Å². The van der Waals surface area contributed by atoms with Gasteiger partial charge in [0.1, 0.15) is 0 Å². The fourth-order valence-electron chi connectivity index (χ4n) is 1.44. The number of hydrogen-bond acceptors (Lipinski definition) is 3. The Hall–Kier alpha value is -1.59. The summed E-state index contributed by atoms with van der Waals surface area (Å²) in [4.78, 5) is 23.1. The van der Waals surface area contributed by atoms with Crippen LogP contribution in [0.25, 0.3) is 0 Å². The Morgan fingerprint density at radius 1 is 1.20 bits per heavy atom. The van der Waals surface area contributed by atoms with Crippen molar-refractivity contribution in [1.29, 1.82) is 0 Å². The Morgan fingerprint density at radius 2 is 1.90 bits per heavy atom. The second-order valence-corrected chi connectivity index (χ2v) is 5.09. The van der Waals surface area contributed by atoms with Crippen LogP contribution in [0.5, 0.6) is 0 Å². The lowest BCUT2D eigenvalue weighted by molar-refractivity contribution is -0.116. The SMILES string of the molecule is CCC(=O)Nc1ccc(Cl)c(NC(=O)CNC(C)C)c1. The summed E-state index contributed by atoms with van der Waals surface area (Å²) in [5.74, 6) is -0.273. The van der Waals surface area contributed by atoms with Gasteiger partial charge in [0.15, 0.2) is 0 Å². The maximum absolute atomic E-state index is 11.7. The van der Waals surface area contributed by atoms with Crippen molar-refractivity contribution in [3.8, 4) is 0 Å². The number of benzene rings is 1. The van der Waals surface area contributed by atoms with Crippen LogP contribution in [0.15, 0.2) is 18.2 Å². The molecule has 2 amide bonds. The van der Waals surface area contributed by atoms with Crippen LogP contribution in [-0.2, 0) is 9.59 Å². The maximum atomic E-state index is 11.7. The molecular formula is C14H20ClN3O2. The lowest BCUT2D eigenvalue weighted by Crippen LogP contribution is -2.32. The second kappa shape index (κ2) is 7.87. The summed E-state index contributed by atoms with van der Waals surface area (Å²) in [6.45, 7) is 5.90. The molecule has 0 aromatic heterocycles. The zero-order valence-electron chi connectivity index (χ0n) is 11.9. The molecule has 1 aromatic rings. The highest BCUT2D eigenvalue weighted by atomic mass is 35.5. The molecule has 0 aliphatic carbocycles. The van der Waals surface area contributed by atoms with Gasteiger partial charge in [-0.15, -0.1) is 0 Å². The van der Waals surface area contributed by atoms with Crippen molar-refractivity contribution in [2.24, 2.45) is 0 Å². The van der Waals surface area contributed by atoms with E-state index >= 15 is 0 Å². The van der Waals surface area contributed by atoms with Gasteiger partial charge >= 0.3 is 0 Å². The van der Waals surface area contributed by atoms with Gasteiger partial charge in [0.2, 0.25) is 11.8 Å². The van der Waals surface area contributed by atoms with Crippen LogP contribution in [0.3, 0.4) is 0 Å². The van der Waals surface area contributed by atoms with E-state index in [1.165, 1.54) is 0 Å². The molecule has 0 spiro atoms. The van der Waals surface area contributed by atoms with Crippen LogP contribution in [0, 0.1) is 0 Å². The third kappa shape index (κ3) is 5.59. The molecule has 20 heavy (non-hydrogen) atoms. The van der Waals surface area contributed by atoms with Gasteiger partial charge in [0, 0.05) is 18.2 Å². The first-order valence-corrected chi connectivity index (χ1v) is 6.92. The highest BCUT2D eigenvalue weighted by molar-refractivity contribution is 6.33. The molecule has 0 saturated heterocycles. The first kappa shape index (κ1) is 16.5. The van der Waals surface area contributed by atoms with Crippen molar-refractivity contribution in [3.63, 3.8) is 0 Å².